The number of rotatable bonds is 8. The Labute approximate surface area is 208 Å². The van der Waals surface area contributed by atoms with Crippen LogP contribution in [0.4, 0.5) is 20.3 Å². The fourth-order valence-corrected chi connectivity index (χ4v) is 6.05. The molecular formula is C23H18BrF2IN3OP. The Bertz CT molecular complexity index is 1190. The topological polar surface area (TPSA) is 30.3 Å². The molecule has 1 heterocycles. The fraction of sp³-hybridized carbons (Fsp3) is 0.0870. The van der Waals surface area contributed by atoms with Crippen LogP contribution in [0.5, 0.6) is 5.75 Å². The van der Waals surface area contributed by atoms with Crippen LogP contribution in [0.3, 0.4) is 0 Å². The summed E-state index contributed by atoms with van der Waals surface area (Å²) in [5, 5.41) is 4.66. The van der Waals surface area contributed by atoms with Crippen molar-refractivity contribution in [2.75, 3.05) is 4.90 Å². The highest BCUT2D eigenvalue weighted by atomic mass is 127. The van der Waals surface area contributed by atoms with E-state index in [1.807, 2.05) is 45.8 Å². The monoisotopic (exact) mass is 627 g/mol. The van der Waals surface area contributed by atoms with Gasteiger partial charge >= 0.3 is 0 Å². The van der Waals surface area contributed by atoms with E-state index in [2.05, 4.69) is 43.1 Å². The lowest BCUT2D eigenvalue weighted by Gasteiger charge is -2.23. The molecule has 0 saturated heterocycles. The summed E-state index contributed by atoms with van der Waals surface area (Å²) in [5.74, 6) is 0.111. The molecule has 1 unspecified atom stereocenters. The third-order valence-electron chi connectivity index (χ3n) is 4.73. The normalized spacial score (nSPS) is 11.2. The summed E-state index contributed by atoms with van der Waals surface area (Å²) >= 11 is 5.78. The zero-order chi connectivity index (χ0) is 22.5. The zero-order valence-corrected chi connectivity index (χ0v) is 21.4. The van der Waals surface area contributed by atoms with E-state index < -0.39 is 5.82 Å². The molecule has 0 fully saturated rings. The number of halogens is 4. The van der Waals surface area contributed by atoms with Crippen molar-refractivity contribution in [3.05, 3.63) is 106 Å². The third-order valence-corrected chi connectivity index (χ3v) is 7.49. The Balaban J connectivity index is 1.67. The van der Waals surface area contributed by atoms with Gasteiger partial charge in [0.15, 0.2) is 17.4 Å². The molecule has 0 aliphatic carbocycles. The maximum Gasteiger partial charge on any atom is 0.165 e. The second kappa shape index (κ2) is 10.7. The molecule has 0 N–H and O–H groups in total. The summed E-state index contributed by atoms with van der Waals surface area (Å²) in [4.78, 5) is 1.94. The Kier molecular flexibility index (Phi) is 7.75. The van der Waals surface area contributed by atoms with Crippen molar-refractivity contribution in [3.63, 3.8) is 0 Å². The number of nitrogens with zero attached hydrogens (tertiary/aromatic N) is 3. The predicted molar refractivity (Wildman–Crippen MR) is 137 cm³/mol. The van der Waals surface area contributed by atoms with Crippen molar-refractivity contribution in [1.29, 1.82) is 0 Å². The zero-order valence-electron chi connectivity index (χ0n) is 16.7. The number of ether oxygens (including phenoxy) is 1. The van der Waals surface area contributed by atoms with Gasteiger partial charge in [-0.2, -0.15) is 0 Å². The van der Waals surface area contributed by atoms with Crippen LogP contribution in [0.15, 0.2) is 83.5 Å². The molecular weight excluding hydrogens is 610 g/mol. The van der Waals surface area contributed by atoms with Gasteiger partial charge in [0.05, 0.1) is 6.37 Å². The van der Waals surface area contributed by atoms with Crippen LogP contribution in [-0.2, 0) is 13.2 Å². The van der Waals surface area contributed by atoms with Crippen LogP contribution < -0.4 is 9.64 Å². The molecule has 0 bridgehead atoms. The van der Waals surface area contributed by atoms with Gasteiger partial charge in [0.2, 0.25) is 0 Å². The molecule has 4 nitrogen and oxygen atoms in total. The summed E-state index contributed by atoms with van der Waals surface area (Å²) in [5.41, 5.74) is 2.56. The molecule has 0 spiro atoms. The van der Waals surface area contributed by atoms with Crippen molar-refractivity contribution < 1.29 is 13.5 Å². The maximum absolute atomic E-state index is 14.5. The summed E-state index contributed by atoms with van der Waals surface area (Å²) in [6.07, 6.45) is 0.414. The van der Waals surface area contributed by atoms with Crippen molar-refractivity contribution in [2.45, 2.75) is 13.2 Å². The van der Waals surface area contributed by atoms with Gasteiger partial charge < -0.3 is 9.64 Å². The first kappa shape index (κ1) is 23.1. The molecule has 0 aliphatic heterocycles. The van der Waals surface area contributed by atoms with Gasteiger partial charge in [-0.15, -0.1) is 5.10 Å². The van der Waals surface area contributed by atoms with Crippen molar-refractivity contribution in [3.8, 4) is 5.75 Å². The molecule has 0 saturated carbocycles. The van der Waals surface area contributed by atoms with Crippen molar-refractivity contribution >= 4 is 55.9 Å². The van der Waals surface area contributed by atoms with Crippen molar-refractivity contribution in [1.82, 2.24) is 9.55 Å². The number of hydrogen-bond acceptors (Lipinski definition) is 3. The van der Waals surface area contributed by atoms with Gasteiger partial charge in [0.25, 0.3) is 0 Å². The van der Waals surface area contributed by atoms with Gasteiger partial charge in [0, 0.05) is 24.4 Å². The van der Waals surface area contributed by atoms with E-state index in [0.29, 0.717) is 24.4 Å². The van der Waals surface area contributed by atoms with Gasteiger partial charge in [0.1, 0.15) is 17.0 Å². The molecule has 0 radical (unpaired) electrons. The van der Waals surface area contributed by atoms with Gasteiger partial charge in [-0.25, -0.2) is 13.2 Å². The molecule has 32 heavy (non-hydrogen) atoms. The summed E-state index contributed by atoms with van der Waals surface area (Å²) < 4.78 is 36.4. The van der Waals surface area contributed by atoms with E-state index in [9.17, 15) is 8.78 Å². The first-order chi connectivity index (χ1) is 15.5. The molecule has 4 rings (SSSR count). The van der Waals surface area contributed by atoms with Gasteiger partial charge in [-0.05, 0) is 73.4 Å². The van der Waals surface area contributed by atoms with Crippen LogP contribution in [-0.4, -0.2) is 9.55 Å². The predicted octanol–water partition coefficient (Wildman–Crippen LogP) is 7.63. The van der Waals surface area contributed by atoms with E-state index in [0.717, 1.165) is 15.7 Å². The SMILES string of the molecule is Fc1ccc(CN(c2ccc(F)c(OCc3ccccc3)c2)c2cc(Br)n(PI)n2)cc1. The van der Waals surface area contributed by atoms with E-state index in [4.69, 9.17) is 4.74 Å². The van der Waals surface area contributed by atoms with Crippen LogP contribution in [0, 0.1) is 11.6 Å². The first-order valence-corrected chi connectivity index (χ1v) is 14.5. The summed E-state index contributed by atoms with van der Waals surface area (Å²) in [6.45, 7) is 0.688. The Hall–Kier alpha value is -2.03. The Morgan fingerprint density at radius 2 is 1.72 bits per heavy atom. The lowest BCUT2D eigenvalue weighted by molar-refractivity contribution is 0.290. The van der Waals surface area contributed by atoms with E-state index in [1.54, 1.807) is 24.3 Å². The number of hydrogen-bond donors (Lipinski definition) is 0. The van der Waals surface area contributed by atoms with Crippen LogP contribution in [0.2, 0.25) is 0 Å². The smallest absolute Gasteiger partial charge is 0.165 e. The van der Waals surface area contributed by atoms with Crippen LogP contribution in [0.1, 0.15) is 11.1 Å². The highest BCUT2D eigenvalue weighted by Gasteiger charge is 2.18. The Morgan fingerprint density at radius 1 is 0.969 bits per heavy atom. The quantitative estimate of drug-likeness (QED) is 0.149. The molecule has 0 amide bonds. The number of anilines is 2. The van der Waals surface area contributed by atoms with Gasteiger partial charge in [-0.3, -0.25) is 0 Å². The van der Waals surface area contributed by atoms with Gasteiger partial charge in [-0.1, -0.05) is 42.5 Å². The average molecular weight is 628 g/mol. The minimum atomic E-state index is -0.438. The molecule has 1 aromatic heterocycles. The number of aromatic nitrogens is 2. The minimum absolute atomic E-state index is 0.157. The van der Waals surface area contributed by atoms with E-state index in [-0.39, 0.29) is 18.2 Å². The highest BCUT2D eigenvalue weighted by Crippen LogP contribution is 2.36. The van der Waals surface area contributed by atoms with Crippen LogP contribution in [0.25, 0.3) is 0 Å². The maximum atomic E-state index is 14.5. The molecule has 4 aromatic rings. The van der Waals surface area contributed by atoms with E-state index in [1.165, 1.54) is 18.2 Å². The van der Waals surface area contributed by atoms with Crippen LogP contribution >= 0.6 is 44.3 Å². The molecule has 0 aliphatic rings. The van der Waals surface area contributed by atoms with E-state index >= 15 is 0 Å². The lowest BCUT2D eigenvalue weighted by atomic mass is 10.2. The third kappa shape index (κ3) is 5.66. The average Bonchev–Trinajstić information content (AvgIpc) is 3.19. The summed E-state index contributed by atoms with van der Waals surface area (Å²) in [6, 6.07) is 22.6. The molecule has 3 aromatic carbocycles. The standard InChI is InChI=1S/C23H18BrF2IN3OP/c24-22-13-23(28-30(22)32-27)29(14-16-6-8-18(25)9-7-16)19-10-11-20(26)21(12-19)31-15-17-4-2-1-3-5-17/h1-13,32H,14-15H2. The highest BCUT2D eigenvalue weighted by molar-refractivity contribution is 14.2. The molecule has 164 valence electrons. The minimum Gasteiger partial charge on any atom is -0.486 e. The fourth-order valence-electron chi connectivity index (χ4n) is 3.12. The summed E-state index contributed by atoms with van der Waals surface area (Å²) in [7, 11) is 0. The molecule has 9 heteroatoms. The largest absolute Gasteiger partial charge is 0.486 e. The first-order valence-electron chi connectivity index (χ1n) is 9.64. The Morgan fingerprint density at radius 3 is 2.41 bits per heavy atom. The van der Waals surface area contributed by atoms with Crippen molar-refractivity contribution in [2.24, 2.45) is 0 Å². The second-order valence-corrected chi connectivity index (χ2v) is 9.78. The second-order valence-electron chi connectivity index (χ2n) is 6.92. The molecule has 1 atom stereocenters. The number of benzene rings is 3. The lowest BCUT2D eigenvalue weighted by Crippen LogP contribution is -2.17.